The number of aryl methyl sites for hydroxylation is 3. The Hall–Kier alpha value is -8.37. The van der Waals surface area contributed by atoms with E-state index in [1.165, 1.54) is 35.3 Å². The summed E-state index contributed by atoms with van der Waals surface area (Å²) >= 11 is 0. The number of rotatable bonds is 17. The second kappa shape index (κ2) is 18.4. The molecule has 2 aromatic carbocycles. The number of anilines is 2. The fourth-order valence-electron chi connectivity index (χ4n) is 7.37. The lowest BCUT2D eigenvalue weighted by molar-refractivity contribution is -0.136. The Morgan fingerprint density at radius 1 is 0.955 bits per heavy atom. The molecule has 23 heteroatoms. The number of Topliss-reactive ketones (excluding diaryl/α,β-unsaturated/α-hetero) is 1. The Morgan fingerprint density at radius 2 is 1.76 bits per heavy atom. The van der Waals surface area contributed by atoms with Crippen molar-refractivity contribution in [3.8, 4) is 17.1 Å². The van der Waals surface area contributed by atoms with Crippen molar-refractivity contribution in [3.63, 3.8) is 0 Å². The molecule has 1 atom stereocenters. The SMILES string of the molecule is NC(=O)c1nn(-c2ccc(C(=O)CCc3cn(CCCNc4cccc5c4C(=O)N(C4CCC(=O)NC4=O)C5=O)nn3)cc2)cc1NC(=O)c1coc(-c2ccnc(CCC(F)(F)F)c2)n1. The van der Waals surface area contributed by atoms with Gasteiger partial charge in [-0.15, -0.1) is 5.10 Å². The van der Waals surface area contributed by atoms with Crippen LogP contribution in [0.15, 0.2) is 83.9 Å². The number of alkyl halides is 3. The third-order valence-electron chi connectivity index (χ3n) is 10.7. The first-order chi connectivity index (χ1) is 31.6. The van der Waals surface area contributed by atoms with E-state index in [0.717, 1.165) is 11.2 Å². The van der Waals surface area contributed by atoms with E-state index in [2.05, 4.69) is 41.3 Å². The number of benzene rings is 2. The molecule has 0 spiro atoms. The summed E-state index contributed by atoms with van der Waals surface area (Å²) in [6, 6.07) is 13.0. The molecule has 1 unspecified atom stereocenters. The molecule has 0 saturated carbocycles. The third-order valence-corrected chi connectivity index (χ3v) is 10.7. The lowest BCUT2D eigenvalue weighted by Gasteiger charge is -2.27. The number of piperidine rings is 1. The lowest BCUT2D eigenvalue weighted by Crippen LogP contribution is -2.54. The highest BCUT2D eigenvalue weighted by atomic mass is 19.4. The number of pyridine rings is 1. The van der Waals surface area contributed by atoms with Crippen LogP contribution in [-0.2, 0) is 29.0 Å². The van der Waals surface area contributed by atoms with Crippen LogP contribution < -0.4 is 21.7 Å². The average Bonchev–Trinajstić information content (AvgIpc) is 4.11. The van der Waals surface area contributed by atoms with Gasteiger partial charge >= 0.3 is 6.18 Å². The fourth-order valence-corrected chi connectivity index (χ4v) is 7.37. The standard InChI is InChI=1S/C43H37F3N12O8/c44-43(45,46)15-13-25-19-24(14-17-48-25)40-51-31(22-66-40)38(62)50-30-21-57(54-36(30)37(47)61)27-8-5-23(6-9-27)33(59)11-7-26-20-56(55-53-26)18-2-16-49-29-4-1-3-28-35(29)42(65)58(41(28)64)32-10-12-34(60)52-39(32)63/h1,3-6,8-9,14,17,19-22,32,49H,2,7,10-13,15-16,18H2,(H2,47,61)(H,50,62)(H,52,60,63). The number of hydrogen-bond donors (Lipinski definition) is 4. The summed E-state index contributed by atoms with van der Waals surface area (Å²) in [6.07, 6.45) is 0.714. The molecule has 4 aromatic heterocycles. The van der Waals surface area contributed by atoms with E-state index >= 15 is 0 Å². The second-order valence-corrected chi connectivity index (χ2v) is 15.2. The molecule has 2 aliphatic heterocycles. The number of imide groups is 2. The van der Waals surface area contributed by atoms with E-state index < -0.39 is 54.1 Å². The fraction of sp³-hybridized carbons (Fsp3) is 0.256. The van der Waals surface area contributed by atoms with E-state index in [4.69, 9.17) is 10.2 Å². The van der Waals surface area contributed by atoms with Crippen molar-refractivity contribution in [3.05, 3.63) is 119 Å². The smallest absolute Gasteiger partial charge is 0.389 e. The number of nitrogens with one attached hydrogen (secondary N) is 3. The Balaban J connectivity index is 0.817. The largest absolute Gasteiger partial charge is 0.444 e. The summed E-state index contributed by atoms with van der Waals surface area (Å²) in [7, 11) is 0. The zero-order valence-corrected chi connectivity index (χ0v) is 34.5. The van der Waals surface area contributed by atoms with Crippen LogP contribution in [0.5, 0.6) is 0 Å². The maximum absolute atomic E-state index is 13.4. The number of hydrogen-bond acceptors (Lipinski definition) is 14. The number of carbonyl (C=O) groups excluding carboxylic acids is 7. The number of fused-ring (bicyclic) bond motifs is 1. The van der Waals surface area contributed by atoms with Gasteiger partial charge in [0.25, 0.3) is 23.6 Å². The van der Waals surface area contributed by atoms with E-state index in [1.54, 1.807) is 47.3 Å². The molecule has 66 heavy (non-hydrogen) atoms. The summed E-state index contributed by atoms with van der Waals surface area (Å²) in [4.78, 5) is 98.0. The number of nitrogens with zero attached hydrogens (tertiary/aromatic N) is 8. The van der Waals surface area contributed by atoms with Crippen LogP contribution in [0.3, 0.4) is 0 Å². The van der Waals surface area contributed by atoms with E-state index in [-0.39, 0.29) is 71.3 Å². The minimum Gasteiger partial charge on any atom is -0.444 e. The van der Waals surface area contributed by atoms with Crippen molar-refractivity contribution in [2.24, 2.45) is 5.73 Å². The molecule has 0 aliphatic carbocycles. The van der Waals surface area contributed by atoms with Crippen molar-refractivity contribution in [1.82, 2.24) is 45.0 Å². The summed E-state index contributed by atoms with van der Waals surface area (Å²) in [5.74, 6) is -4.28. The van der Waals surface area contributed by atoms with Crippen LogP contribution >= 0.6 is 0 Å². The van der Waals surface area contributed by atoms with Crippen LogP contribution in [-0.4, -0.2) is 99.6 Å². The number of ketones is 1. The maximum Gasteiger partial charge on any atom is 0.389 e. The van der Waals surface area contributed by atoms with Crippen LogP contribution in [0.25, 0.3) is 17.1 Å². The third kappa shape index (κ3) is 9.73. The highest BCUT2D eigenvalue weighted by Gasteiger charge is 2.45. The van der Waals surface area contributed by atoms with Gasteiger partial charge in [-0.3, -0.25) is 53.4 Å². The molecule has 20 nitrogen and oxygen atoms in total. The quantitative estimate of drug-likeness (QED) is 0.0571. The highest BCUT2D eigenvalue weighted by molar-refractivity contribution is 6.25. The molecule has 6 amide bonds. The van der Waals surface area contributed by atoms with Gasteiger partial charge in [0.05, 0.1) is 34.4 Å². The van der Waals surface area contributed by atoms with Crippen LogP contribution in [0.1, 0.15) is 95.5 Å². The Labute approximate surface area is 370 Å². The molecule has 0 radical (unpaired) electrons. The van der Waals surface area contributed by atoms with Crippen LogP contribution in [0, 0.1) is 0 Å². The molecule has 8 rings (SSSR count). The van der Waals surface area contributed by atoms with E-state index in [1.807, 2.05) is 0 Å². The molecule has 1 fully saturated rings. The topological polar surface area (TPSA) is 272 Å². The molecular formula is C43H37F3N12O8. The highest BCUT2D eigenvalue weighted by Crippen LogP contribution is 2.33. The van der Waals surface area contributed by atoms with Crippen molar-refractivity contribution < 1.29 is 51.2 Å². The number of amides is 6. The molecule has 1 saturated heterocycles. The summed E-state index contributed by atoms with van der Waals surface area (Å²) in [5.41, 5.74) is 7.68. The van der Waals surface area contributed by atoms with Gasteiger partial charge in [0, 0.05) is 73.7 Å². The van der Waals surface area contributed by atoms with Crippen LogP contribution in [0.2, 0.25) is 0 Å². The number of oxazole rings is 1. The first-order valence-corrected chi connectivity index (χ1v) is 20.4. The van der Waals surface area contributed by atoms with Gasteiger partial charge in [0.15, 0.2) is 17.2 Å². The lowest BCUT2D eigenvalue weighted by atomic mass is 10.0. The van der Waals surface area contributed by atoms with Crippen LogP contribution in [0.4, 0.5) is 24.5 Å². The zero-order chi connectivity index (χ0) is 46.7. The number of primary amides is 1. The monoisotopic (exact) mass is 906 g/mol. The summed E-state index contributed by atoms with van der Waals surface area (Å²) < 4.78 is 46.4. The number of nitrogens with two attached hydrogens (primary N) is 1. The normalized spacial score (nSPS) is 14.9. The Kier molecular flexibility index (Phi) is 12.3. The molecule has 0 bridgehead atoms. The second-order valence-electron chi connectivity index (χ2n) is 15.2. The van der Waals surface area contributed by atoms with E-state index in [9.17, 15) is 46.7 Å². The maximum atomic E-state index is 13.4. The van der Waals surface area contributed by atoms with Gasteiger partial charge in [0.1, 0.15) is 12.3 Å². The van der Waals surface area contributed by atoms with Gasteiger partial charge in [-0.1, -0.05) is 11.3 Å². The van der Waals surface area contributed by atoms with Gasteiger partial charge in [-0.25, -0.2) is 9.67 Å². The van der Waals surface area contributed by atoms with E-state index in [0.29, 0.717) is 54.1 Å². The molecule has 6 heterocycles. The minimum atomic E-state index is -4.36. The van der Waals surface area contributed by atoms with Crippen molar-refractivity contribution in [2.75, 3.05) is 17.2 Å². The molecule has 338 valence electrons. The zero-order valence-electron chi connectivity index (χ0n) is 34.5. The van der Waals surface area contributed by atoms with Crippen molar-refractivity contribution in [1.29, 1.82) is 0 Å². The number of aromatic nitrogens is 7. The van der Waals surface area contributed by atoms with Crippen molar-refractivity contribution >= 4 is 52.6 Å². The first-order valence-electron chi connectivity index (χ1n) is 20.4. The summed E-state index contributed by atoms with van der Waals surface area (Å²) in [5, 5.41) is 20.4. The Bertz CT molecular complexity index is 2910. The van der Waals surface area contributed by atoms with Gasteiger partial charge in [0.2, 0.25) is 17.7 Å². The van der Waals surface area contributed by atoms with Gasteiger partial charge in [-0.05, 0) is 67.8 Å². The number of carbonyl (C=O) groups is 7. The predicted octanol–water partition coefficient (Wildman–Crippen LogP) is 4.08. The van der Waals surface area contributed by atoms with Crippen molar-refractivity contribution in [2.45, 2.75) is 63.7 Å². The summed E-state index contributed by atoms with van der Waals surface area (Å²) in [6.45, 7) is 0.850. The number of halogens is 3. The minimum absolute atomic E-state index is 0.0221. The Morgan fingerprint density at radius 3 is 2.52 bits per heavy atom. The average molecular weight is 907 g/mol. The molecular weight excluding hydrogens is 870 g/mol. The van der Waals surface area contributed by atoms with Gasteiger partial charge in [-0.2, -0.15) is 18.3 Å². The molecule has 5 N–H and O–H groups in total. The predicted molar refractivity (Wildman–Crippen MR) is 223 cm³/mol. The van der Waals surface area contributed by atoms with Gasteiger partial charge < -0.3 is 20.8 Å². The molecule has 2 aliphatic rings. The first kappa shape index (κ1) is 44.2. The molecule has 6 aromatic rings.